The lowest BCUT2D eigenvalue weighted by Gasteiger charge is -2.16. The fraction of sp³-hybridized carbons (Fsp3) is 0.273. The number of rotatable bonds is 2. The van der Waals surface area contributed by atoms with Gasteiger partial charge in [-0.25, -0.2) is 0 Å². The first-order valence-corrected chi connectivity index (χ1v) is 5.25. The highest BCUT2D eigenvalue weighted by molar-refractivity contribution is 9.10. The van der Waals surface area contributed by atoms with E-state index >= 15 is 0 Å². The highest BCUT2D eigenvalue weighted by Crippen LogP contribution is 2.30. The molecule has 0 N–H and O–H groups in total. The van der Waals surface area contributed by atoms with Crippen LogP contribution in [0.1, 0.15) is 5.56 Å². The Hall–Kier alpha value is -0.760. The van der Waals surface area contributed by atoms with Crippen LogP contribution in [-0.4, -0.2) is 13.1 Å². The Kier molecular flexibility index (Phi) is 2.40. The molecule has 0 bridgehead atoms. The minimum absolute atomic E-state index is 0.948. The van der Waals surface area contributed by atoms with Gasteiger partial charge < -0.3 is 4.90 Å². The number of halogens is 1. The van der Waals surface area contributed by atoms with Gasteiger partial charge in [0.15, 0.2) is 0 Å². The third-order valence-electron chi connectivity index (χ3n) is 2.39. The molecule has 0 radical (unpaired) electrons. The second kappa shape index (κ2) is 3.54. The Bertz CT molecular complexity index is 333. The Morgan fingerprint density at radius 1 is 1.54 bits per heavy atom. The van der Waals surface area contributed by atoms with Gasteiger partial charge >= 0.3 is 0 Å². The van der Waals surface area contributed by atoms with Crippen LogP contribution in [0.4, 0.5) is 5.69 Å². The van der Waals surface area contributed by atoms with Crippen LogP contribution in [0.3, 0.4) is 0 Å². The average Bonchev–Trinajstić information content (AvgIpc) is 2.49. The van der Waals surface area contributed by atoms with Crippen LogP contribution in [0, 0.1) is 0 Å². The minimum Gasteiger partial charge on any atom is -0.367 e. The lowest BCUT2D eigenvalue weighted by atomic mass is 10.2. The van der Waals surface area contributed by atoms with E-state index in [9.17, 15) is 0 Å². The summed E-state index contributed by atoms with van der Waals surface area (Å²) in [6.07, 6.45) is 3.12. The molecular weight excluding hydrogens is 226 g/mol. The van der Waals surface area contributed by atoms with Crippen molar-refractivity contribution >= 4 is 21.6 Å². The summed E-state index contributed by atoms with van der Waals surface area (Å²) in [6.45, 7) is 5.84. The first-order valence-electron chi connectivity index (χ1n) is 4.45. The number of benzene rings is 1. The van der Waals surface area contributed by atoms with Crippen LogP contribution in [0.15, 0.2) is 35.3 Å². The van der Waals surface area contributed by atoms with Gasteiger partial charge in [0, 0.05) is 23.2 Å². The molecule has 1 aliphatic rings. The first-order chi connectivity index (χ1) is 6.31. The summed E-state index contributed by atoms with van der Waals surface area (Å²) < 4.78 is 1.15. The number of nitrogens with zero attached hydrogens (tertiary/aromatic N) is 1. The summed E-state index contributed by atoms with van der Waals surface area (Å²) in [4.78, 5) is 2.35. The topological polar surface area (TPSA) is 3.24 Å². The monoisotopic (exact) mass is 237 g/mol. The molecule has 1 nitrogen and oxygen atoms in total. The Balaban J connectivity index is 2.34. The van der Waals surface area contributed by atoms with E-state index in [-0.39, 0.29) is 0 Å². The summed E-state index contributed by atoms with van der Waals surface area (Å²) in [5, 5.41) is 0. The lowest BCUT2D eigenvalue weighted by molar-refractivity contribution is 0.905. The largest absolute Gasteiger partial charge is 0.367 e. The second-order valence-electron chi connectivity index (χ2n) is 3.26. The molecule has 68 valence electrons. The van der Waals surface area contributed by atoms with E-state index < -0.39 is 0 Å². The molecule has 1 aromatic rings. The zero-order chi connectivity index (χ0) is 9.26. The molecule has 1 aliphatic heterocycles. The van der Waals surface area contributed by atoms with Crippen LogP contribution >= 0.6 is 15.9 Å². The Labute approximate surface area is 87.2 Å². The van der Waals surface area contributed by atoms with Crippen LogP contribution < -0.4 is 4.90 Å². The van der Waals surface area contributed by atoms with Gasteiger partial charge in [0.2, 0.25) is 0 Å². The summed E-state index contributed by atoms with van der Waals surface area (Å²) in [7, 11) is 0. The highest BCUT2D eigenvalue weighted by atomic mass is 79.9. The van der Waals surface area contributed by atoms with Crippen molar-refractivity contribution in [3.05, 3.63) is 40.9 Å². The highest BCUT2D eigenvalue weighted by Gasteiger charge is 2.17. The van der Waals surface area contributed by atoms with E-state index in [0.29, 0.717) is 0 Å². The number of hydrogen-bond acceptors (Lipinski definition) is 1. The van der Waals surface area contributed by atoms with Gasteiger partial charge in [0.1, 0.15) is 0 Å². The van der Waals surface area contributed by atoms with E-state index in [4.69, 9.17) is 0 Å². The molecule has 0 amide bonds. The van der Waals surface area contributed by atoms with Crippen molar-refractivity contribution in [2.75, 3.05) is 18.0 Å². The van der Waals surface area contributed by atoms with Gasteiger partial charge in [-0.15, -0.1) is 6.58 Å². The van der Waals surface area contributed by atoms with Crippen molar-refractivity contribution in [1.82, 2.24) is 0 Å². The molecule has 2 heteroatoms. The van der Waals surface area contributed by atoms with E-state index in [1.165, 1.54) is 11.3 Å². The molecule has 0 saturated carbocycles. The quantitative estimate of drug-likeness (QED) is 0.716. The second-order valence-corrected chi connectivity index (χ2v) is 4.17. The third-order valence-corrected chi connectivity index (χ3v) is 2.88. The maximum absolute atomic E-state index is 3.77. The Morgan fingerprint density at radius 2 is 2.38 bits per heavy atom. The fourth-order valence-corrected chi connectivity index (χ4v) is 2.11. The average molecular weight is 238 g/mol. The molecule has 1 heterocycles. The van der Waals surface area contributed by atoms with Gasteiger partial charge in [0.05, 0.1) is 0 Å². The zero-order valence-corrected chi connectivity index (χ0v) is 9.05. The number of anilines is 1. The molecule has 0 fully saturated rings. The van der Waals surface area contributed by atoms with Crippen molar-refractivity contribution in [2.45, 2.75) is 6.42 Å². The van der Waals surface area contributed by atoms with Gasteiger partial charge in [0.25, 0.3) is 0 Å². The molecular formula is C11H12BrN. The van der Waals surface area contributed by atoms with Crippen LogP contribution in [0.25, 0.3) is 0 Å². The smallest absolute Gasteiger partial charge is 0.0413 e. The fourth-order valence-electron chi connectivity index (χ4n) is 1.76. The molecule has 1 aromatic carbocycles. The first kappa shape index (κ1) is 8.82. The summed E-state index contributed by atoms with van der Waals surface area (Å²) in [6, 6.07) is 6.49. The predicted molar refractivity (Wildman–Crippen MR) is 60.3 cm³/mol. The van der Waals surface area contributed by atoms with Crippen molar-refractivity contribution in [3.63, 3.8) is 0 Å². The van der Waals surface area contributed by atoms with E-state index in [2.05, 4.69) is 45.6 Å². The zero-order valence-electron chi connectivity index (χ0n) is 7.46. The van der Waals surface area contributed by atoms with E-state index in [1.54, 1.807) is 0 Å². The third kappa shape index (κ3) is 1.63. The van der Waals surface area contributed by atoms with Gasteiger partial charge in [-0.05, 0) is 24.1 Å². The van der Waals surface area contributed by atoms with Crippen molar-refractivity contribution in [1.29, 1.82) is 0 Å². The SMILES string of the molecule is C=CCN1CCc2ccc(Br)cc21. The van der Waals surface area contributed by atoms with Crippen molar-refractivity contribution in [2.24, 2.45) is 0 Å². The van der Waals surface area contributed by atoms with Crippen molar-refractivity contribution < 1.29 is 0 Å². The standard InChI is InChI=1S/C11H12BrN/c1-2-6-13-7-5-9-3-4-10(12)8-11(9)13/h2-4,8H,1,5-7H2. The summed E-state index contributed by atoms with van der Waals surface area (Å²) in [5.41, 5.74) is 2.80. The summed E-state index contributed by atoms with van der Waals surface area (Å²) >= 11 is 3.49. The van der Waals surface area contributed by atoms with Crippen LogP contribution in [0.5, 0.6) is 0 Å². The van der Waals surface area contributed by atoms with E-state index in [1.807, 2.05) is 6.08 Å². The van der Waals surface area contributed by atoms with Gasteiger partial charge in [-0.2, -0.15) is 0 Å². The maximum atomic E-state index is 3.77. The number of hydrogen-bond donors (Lipinski definition) is 0. The van der Waals surface area contributed by atoms with Gasteiger partial charge in [-0.1, -0.05) is 28.1 Å². The maximum Gasteiger partial charge on any atom is 0.0413 e. The molecule has 0 spiro atoms. The normalized spacial score (nSPS) is 14.4. The van der Waals surface area contributed by atoms with Crippen LogP contribution in [0.2, 0.25) is 0 Å². The molecule has 0 aliphatic carbocycles. The summed E-state index contributed by atoms with van der Waals surface area (Å²) in [5.74, 6) is 0. The lowest BCUT2D eigenvalue weighted by Crippen LogP contribution is -2.19. The molecule has 0 unspecified atom stereocenters. The molecule has 0 aromatic heterocycles. The molecule has 0 atom stereocenters. The minimum atomic E-state index is 0.948. The van der Waals surface area contributed by atoms with E-state index in [0.717, 1.165) is 24.0 Å². The molecule has 0 saturated heterocycles. The predicted octanol–water partition coefficient (Wildman–Crippen LogP) is 3.00. The number of fused-ring (bicyclic) bond motifs is 1. The molecule has 13 heavy (non-hydrogen) atoms. The van der Waals surface area contributed by atoms with Gasteiger partial charge in [-0.3, -0.25) is 0 Å². The molecule has 2 rings (SSSR count). The van der Waals surface area contributed by atoms with Crippen LogP contribution in [-0.2, 0) is 6.42 Å². The Morgan fingerprint density at radius 3 is 3.15 bits per heavy atom. The van der Waals surface area contributed by atoms with Crippen molar-refractivity contribution in [3.8, 4) is 0 Å².